The molecule has 1 nitrogen and oxygen atoms in total. The van der Waals surface area contributed by atoms with Crippen molar-refractivity contribution in [3.05, 3.63) is 0 Å². The van der Waals surface area contributed by atoms with Gasteiger partial charge in [0.2, 0.25) is 0 Å². The highest BCUT2D eigenvalue weighted by molar-refractivity contribution is 5.06. The highest BCUT2D eigenvalue weighted by Gasteiger charge is 2.44. The molecule has 0 aromatic heterocycles. The monoisotopic (exact) mass is 469 g/mol. The number of unbranched alkanes of at least 4 members (excludes halogenated alkanes) is 8. The molecule has 0 atom stereocenters. The van der Waals surface area contributed by atoms with Crippen molar-refractivity contribution in [1.29, 1.82) is 5.26 Å². The fraction of sp³-hybridized carbons (Fsp3) is 0.970. The third-order valence-electron chi connectivity index (χ3n) is 10.8. The van der Waals surface area contributed by atoms with Crippen LogP contribution in [-0.2, 0) is 0 Å². The Bertz CT molecular complexity index is 550. The van der Waals surface area contributed by atoms with Gasteiger partial charge in [0, 0.05) is 0 Å². The van der Waals surface area contributed by atoms with Crippen LogP contribution in [0.4, 0.5) is 0 Å². The third-order valence-corrected chi connectivity index (χ3v) is 10.8. The van der Waals surface area contributed by atoms with Gasteiger partial charge in [-0.15, -0.1) is 0 Å². The van der Waals surface area contributed by atoms with Gasteiger partial charge in [-0.2, -0.15) is 5.26 Å². The lowest BCUT2D eigenvalue weighted by Gasteiger charge is -2.45. The van der Waals surface area contributed by atoms with E-state index in [-0.39, 0.29) is 5.41 Å². The Kier molecular flexibility index (Phi) is 12.9. The lowest BCUT2D eigenvalue weighted by atomic mass is 9.58. The number of rotatable bonds is 14. The number of nitriles is 1. The van der Waals surface area contributed by atoms with E-state index in [0.29, 0.717) is 5.92 Å². The van der Waals surface area contributed by atoms with E-state index in [9.17, 15) is 5.26 Å². The van der Waals surface area contributed by atoms with Crippen molar-refractivity contribution in [1.82, 2.24) is 0 Å². The predicted molar refractivity (Wildman–Crippen MR) is 148 cm³/mol. The molecule has 1 heteroatoms. The summed E-state index contributed by atoms with van der Waals surface area (Å²) in [4.78, 5) is 0. The Morgan fingerprint density at radius 3 is 1.47 bits per heavy atom. The van der Waals surface area contributed by atoms with E-state index in [1.54, 1.807) is 0 Å². The summed E-state index contributed by atoms with van der Waals surface area (Å²) in [6.07, 6.45) is 33.9. The minimum Gasteiger partial charge on any atom is -0.198 e. The van der Waals surface area contributed by atoms with Crippen LogP contribution in [0.5, 0.6) is 0 Å². The molecule has 0 heterocycles. The molecular formula is C33H59N. The van der Waals surface area contributed by atoms with Crippen LogP contribution in [0.2, 0.25) is 0 Å². The Morgan fingerprint density at radius 2 is 1.00 bits per heavy atom. The van der Waals surface area contributed by atoms with Crippen LogP contribution in [0, 0.1) is 46.3 Å². The zero-order valence-electron chi connectivity index (χ0n) is 23.3. The number of nitrogens with zero attached hydrogens (tertiary/aromatic N) is 1. The van der Waals surface area contributed by atoms with Crippen LogP contribution in [0.25, 0.3) is 0 Å². The zero-order chi connectivity index (χ0) is 24.1. The van der Waals surface area contributed by atoms with Gasteiger partial charge < -0.3 is 0 Å². The first-order valence-electron chi connectivity index (χ1n) is 16.1. The molecule has 0 spiro atoms. The van der Waals surface area contributed by atoms with Gasteiger partial charge in [-0.25, -0.2) is 0 Å². The van der Waals surface area contributed by atoms with Gasteiger partial charge in [-0.3, -0.25) is 0 Å². The van der Waals surface area contributed by atoms with E-state index < -0.39 is 0 Å². The van der Waals surface area contributed by atoms with Gasteiger partial charge >= 0.3 is 0 Å². The van der Waals surface area contributed by atoms with Crippen LogP contribution in [0.3, 0.4) is 0 Å². The summed E-state index contributed by atoms with van der Waals surface area (Å²) >= 11 is 0. The summed E-state index contributed by atoms with van der Waals surface area (Å²) in [6, 6.07) is 2.92. The molecule has 3 aliphatic rings. The average Bonchev–Trinajstić information content (AvgIpc) is 2.89. The Hall–Kier alpha value is -0.510. The van der Waals surface area contributed by atoms with Crippen molar-refractivity contribution in [3.8, 4) is 6.07 Å². The largest absolute Gasteiger partial charge is 0.198 e. The third kappa shape index (κ3) is 8.56. The Labute approximate surface area is 214 Å². The molecule has 196 valence electrons. The first-order valence-corrected chi connectivity index (χ1v) is 16.1. The second-order valence-corrected chi connectivity index (χ2v) is 13.0. The molecule has 0 aromatic rings. The van der Waals surface area contributed by atoms with Gasteiger partial charge in [0.05, 0.1) is 11.5 Å². The van der Waals surface area contributed by atoms with Crippen molar-refractivity contribution in [3.63, 3.8) is 0 Å². The number of hydrogen-bond acceptors (Lipinski definition) is 1. The lowest BCUT2D eigenvalue weighted by Crippen LogP contribution is -2.37. The van der Waals surface area contributed by atoms with Crippen LogP contribution in [-0.4, -0.2) is 0 Å². The smallest absolute Gasteiger partial charge is 0.0692 e. The molecule has 0 saturated heterocycles. The normalized spacial score (nSPS) is 34.6. The second kappa shape index (κ2) is 15.6. The highest BCUT2D eigenvalue weighted by atomic mass is 14.5. The van der Waals surface area contributed by atoms with Crippen molar-refractivity contribution < 1.29 is 0 Å². The van der Waals surface area contributed by atoms with Crippen molar-refractivity contribution in [2.45, 2.75) is 168 Å². The lowest BCUT2D eigenvalue weighted by molar-refractivity contribution is 0.0646. The SMILES string of the molecule is CCCCCCCC1CCC(C2CCC(C3(C#N)CCC(CCCCCCC)CC3)CC2)CC1. The molecule has 34 heavy (non-hydrogen) atoms. The molecule has 0 aromatic carbocycles. The molecule has 3 aliphatic carbocycles. The molecular weight excluding hydrogens is 410 g/mol. The Morgan fingerprint density at radius 1 is 0.559 bits per heavy atom. The first kappa shape index (κ1) is 28.1. The van der Waals surface area contributed by atoms with E-state index in [1.165, 1.54) is 154 Å². The summed E-state index contributed by atoms with van der Waals surface area (Å²) in [6.45, 7) is 4.62. The summed E-state index contributed by atoms with van der Waals surface area (Å²) < 4.78 is 0. The predicted octanol–water partition coefficient (Wildman–Crippen LogP) is 11.0. The van der Waals surface area contributed by atoms with Gasteiger partial charge in [-0.1, -0.05) is 104 Å². The molecule has 3 rings (SSSR count). The summed E-state index contributed by atoms with van der Waals surface area (Å²) in [5.74, 6) is 4.66. The molecule has 0 aliphatic heterocycles. The molecule has 3 saturated carbocycles. The van der Waals surface area contributed by atoms with Crippen LogP contribution < -0.4 is 0 Å². The van der Waals surface area contributed by atoms with Gasteiger partial charge in [0.25, 0.3) is 0 Å². The molecule has 0 radical (unpaired) electrons. The average molecular weight is 470 g/mol. The maximum absolute atomic E-state index is 10.3. The fourth-order valence-electron chi connectivity index (χ4n) is 8.26. The molecule has 0 amide bonds. The van der Waals surface area contributed by atoms with Crippen molar-refractivity contribution >= 4 is 0 Å². The van der Waals surface area contributed by atoms with Crippen molar-refractivity contribution in [2.75, 3.05) is 0 Å². The van der Waals surface area contributed by atoms with E-state index in [4.69, 9.17) is 0 Å². The molecule has 0 N–H and O–H groups in total. The van der Waals surface area contributed by atoms with E-state index in [0.717, 1.165) is 23.7 Å². The minimum atomic E-state index is 0.0408. The first-order chi connectivity index (χ1) is 16.7. The summed E-state index contributed by atoms with van der Waals surface area (Å²) in [7, 11) is 0. The quantitative estimate of drug-likeness (QED) is 0.232. The van der Waals surface area contributed by atoms with Crippen LogP contribution >= 0.6 is 0 Å². The van der Waals surface area contributed by atoms with Gasteiger partial charge in [0.1, 0.15) is 0 Å². The minimum absolute atomic E-state index is 0.0408. The maximum Gasteiger partial charge on any atom is 0.0692 e. The molecule has 0 unspecified atom stereocenters. The highest BCUT2D eigenvalue weighted by Crippen LogP contribution is 2.52. The standard InChI is InChI=1S/C33H59N/c1-3-5-7-9-11-13-28-15-17-30(18-16-28)31-19-21-32(22-20-31)33(27-34)25-23-29(24-26-33)14-12-10-8-6-4-2/h28-32H,3-26H2,1-2H3. The van der Waals surface area contributed by atoms with Crippen LogP contribution in [0.1, 0.15) is 168 Å². The zero-order valence-corrected chi connectivity index (χ0v) is 23.3. The molecule has 0 bridgehead atoms. The fourth-order valence-corrected chi connectivity index (χ4v) is 8.26. The Balaban J connectivity index is 1.32. The topological polar surface area (TPSA) is 23.8 Å². The summed E-state index contributed by atoms with van der Waals surface area (Å²) in [5, 5.41) is 10.3. The summed E-state index contributed by atoms with van der Waals surface area (Å²) in [5.41, 5.74) is 0.0408. The second-order valence-electron chi connectivity index (χ2n) is 13.0. The van der Waals surface area contributed by atoms with Crippen LogP contribution in [0.15, 0.2) is 0 Å². The molecule has 3 fully saturated rings. The van der Waals surface area contributed by atoms with Gasteiger partial charge in [0.15, 0.2) is 0 Å². The van der Waals surface area contributed by atoms with E-state index in [1.807, 2.05) is 0 Å². The number of hydrogen-bond donors (Lipinski definition) is 0. The van der Waals surface area contributed by atoms with Crippen molar-refractivity contribution in [2.24, 2.45) is 35.0 Å². The van der Waals surface area contributed by atoms with Gasteiger partial charge in [-0.05, 0) is 93.8 Å². The van der Waals surface area contributed by atoms with E-state index in [2.05, 4.69) is 19.9 Å². The maximum atomic E-state index is 10.3. The van der Waals surface area contributed by atoms with E-state index >= 15 is 0 Å².